The maximum Gasteiger partial charge on any atom is 0.174 e. The van der Waals surface area contributed by atoms with Crippen LogP contribution in [0.2, 0.25) is 0 Å². The van der Waals surface area contributed by atoms with Crippen molar-refractivity contribution in [3.05, 3.63) is 34.9 Å². The molecule has 0 saturated carbocycles. The summed E-state index contributed by atoms with van der Waals surface area (Å²) >= 11 is 3.23. The van der Waals surface area contributed by atoms with Crippen molar-refractivity contribution in [3.8, 4) is 0 Å². The Bertz CT molecular complexity index is 396. The molecule has 0 aliphatic heterocycles. The summed E-state index contributed by atoms with van der Waals surface area (Å²) in [4.78, 5) is 3.86. The minimum absolute atomic E-state index is 0.307. The standard InChI is InChI=1S/C7H4BrFN2/c8-6-4-10-7-5(9)2-1-3-11(6)7/h1-4H. The third-order valence-electron chi connectivity index (χ3n) is 1.44. The number of halogens is 2. The predicted octanol–water partition coefficient (Wildman–Crippen LogP) is 2.24. The molecule has 0 aliphatic rings. The van der Waals surface area contributed by atoms with Gasteiger partial charge in [-0.15, -0.1) is 0 Å². The summed E-state index contributed by atoms with van der Waals surface area (Å²) in [5.74, 6) is -0.307. The van der Waals surface area contributed by atoms with E-state index >= 15 is 0 Å². The van der Waals surface area contributed by atoms with Gasteiger partial charge < -0.3 is 0 Å². The van der Waals surface area contributed by atoms with E-state index in [1.807, 2.05) is 0 Å². The van der Waals surface area contributed by atoms with E-state index in [0.29, 0.717) is 5.65 Å². The molecule has 0 fully saturated rings. The van der Waals surface area contributed by atoms with Gasteiger partial charge >= 0.3 is 0 Å². The molecule has 2 aromatic heterocycles. The van der Waals surface area contributed by atoms with Gasteiger partial charge in [0, 0.05) is 6.20 Å². The lowest BCUT2D eigenvalue weighted by Crippen LogP contribution is -1.86. The predicted molar refractivity (Wildman–Crippen MR) is 42.9 cm³/mol. The second kappa shape index (κ2) is 2.30. The fourth-order valence-corrected chi connectivity index (χ4v) is 1.34. The van der Waals surface area contributed by atoms with Crippen LogP contribution in [0.1, 0.15) is 0 Å². The zero-order valence-electron chi connectivity index (χ0n) is 5.46. The number of pyridine rings is 1. The molecule has 56 valence electrons. The van der Waals surface area contributed by atoms with E-state index in [1.165, 1.54) is 6.07 Å². The van der Waals surface area contributed by atoms with Crippen molar-refractivity contribution < 1.29 is 4.39 Å². The second-order valence-electron chi connectivity index (χ2n) is 2.13. The van der Waals surface area contributed by atoms with E-state index in [1.54, 1.807) is 22.9 Å². The molecule has 4 heteroatoms. The van der Waals surface area contributed by atoms with Crippen LogP contribution in [0.15, 0.2) is 29.1 Å². The number of nitrogens with zero attached hydrogens (tertiary/aromatic N) is 2. The lowest BCUT2D eigenvalue weighted by Gasteiger charge is -1.93. The number of rotatable bonds is 0. The van der Waals surface area contributed by atoms with E-state index in [-0.39, 0.29) is 5.82 Å². The molecule has 0 radical (unpaired) electrons. The molecule has 2 aromatic rings. The minimum Gasteiger partial charge on any atom is -0.292 e. The van der Waals surface area contributed by atoms with Crippen LogP contribution in [0, 0.1) is 5.82 Å². The van der Waals surface area contributed by atoms with Crippen LogP contribution in [0.4, 0.5) is 4.39 Å². The zero-order chi connectivity index (χ0) is 7.84. The summed E-state index contributed by atoms with van der Waals surface area (Å²) in [6.45, 7) is 0. The Kier molecular flexibility index (Phi) is 1.42. The molecule has 0 amide bonds. The Morgan fingerprint density at radius 1 is 1.55 bits per heavy atom. The van der Waals surface area contributed by atoms with Gasteiger partial charge in [-0.3, -0.25) is 4.40 Å². The maximum absolute atomic E-state index is 12.9. The van der Waals surface area contributed by atoms with Gasteiger partial charge in [0.05, 0.1) is 6.20 Å². The Labute approximate surface area is 70.8 Å². The summed E-state index contributed by atoms with van der Waals surface area (Å²) in [6.07, 6.45) is 3.31. The molecule has 0 aromatic carbocycles. The smallest absolute Gasteiger partial charge is 0.174 e. The molecule has 2 nitrogen and oxygen atoms in total. The lowest BCUT2D eigenvalue weighted by molar-refractivity contribution is 0.629. The van der Waals surface area contributed by atoms with Crippen LogP contribution >= 0.6 is 15.9 Å². The first-order chi connectivity index (χ1) is 5.29. The van der Waals surface area contributed by atoms with Gasteiger partial charge in [0.1, 0.15) is 4.60 Å². The Morgan fingerprint density at radius 3 is 3.09 bits per heavy atom. The largest absolute Gasteiger partial charge is 0.292 e. The first kappa shape index (κ1) is 6.79. The Balaban J connectivity index is 2.94. The summed E-state index contributed by atoms with van der Waals surface area (Å²) in [5, 5.41) is 0. The quantitative estimate of drug-likeness (QED) is 0.658. The van der Waals surface area contributed by atoms with E-state index in [9.17, 15) is 4.39 Å². The number of hydrogen-bond donors (Lipinski definition) is 0. The average Bonchev–Trinajstić information content (AvgIpc) is 2.35. The summed E-state index contributed by atoms with van der Waals surface area (Å²) in [5.41, 5.74) is 0.347. The van der Waals surface area contributed by atoms with Gasteiger partial charge in [-0.25, -0.2) is 9.37 Å². The van der Waals surface area contributed by atoms with Crippen molar-refractivity contribution in [3.63, 3.8) is 0 Å². The SMILES string of the molecule is Fc1cccn2c(Br)cnc12. The Hall–Kier alpha value is -0.900. The summed E-state index contributed by atoms with van der Waals surface area (Å²) in [7, 11) is 0. The van der Waals surface area contributed by atoms with Gasteiger partial charge in [-0.1, -0.05) is 0 Å². The molecule has 11 heavy (non-hydrogen) atoms. The zero-order valence-corrected chi connectivity index (χ0v) is 7.05. The van der Waals surface area contributed by atoms with Gasteiger partial charge in [-0.2, -0.15) is 0 Å². The fourth-order valence-electron chi connectivity index (χ4n) is 0.947. The van der Waals surface area contributed by atoms with Crippen molar-refractivity contribution in [1.29, 1.82) is 0 Å². The van der Waals surface area contributed by atoms with E-state index in [0.717, 1.165) is 4.60 Å². The first-order valence-corrected chi connectivity index (χ1v) is 3.85. The molecule has 2 heterocycles. The van der Waals surface area contributed by atoms with Gasteiger partial charge in [0.25, 0.3) is 0 Å². The van der Waals surface area contributed by atoms with Crippen molar-refractivity contribution in [1.82, 2.24) is 9.38 Å². The molecule has 2 rings (SSSR count). The summed E-state index contributed by atoms with van der Waals surface area (Å²) < 4.78 is 15.3. The summed E-state index contributed by atoms with van der Waals surface area (Å²) in [6, 6.07) is 3.02. The van der Waals surface area contributed by atoms with Crippen LogP contribution < -0.4 is 0 Å². The first-order valence-electron chi connectivity index (χ1n) is 3.06. The topological polar surface area (TPSA) is 17.3 Å². The van der Waals surface area contributed by atoms with E-state index in [2.05, 4.69) is 20.9 Å². The van der Waals surface area contributed by atoms with E-state index < -0.39 is 0 Å². The third kappa shape index (κ3) is 0.939. The molecule has 0 atom stereocenters. The Morgan fingerprint density at radius 2 is 2.36 bits per heavy atom. The highest BCUT2D eigenvalue weighted by atomic mass is 79.9. The van der Waals surface area contributed by atoms with Crippen molar-refractivity contribution in [2.45, 2.75) is 0 Å². The van der Waals surface area contributed by atoms with Crippen LogP contribution in [-0.4, -0.2) is 9.38 Å². The molecule has 0 spiro atoms. The van der Waals surface area contributed by atoms with Gasteiger partial charge in [-0.05, 0) is 28.1 Å². The highest BCUT2D eigenvalue weighted by molar-refractivity contribution is 9.10. The molecular weight excluding hydrogens is 211 g/mol. The van der Waals surface area contributed by atoms with Crippen LogP contribution in [0.25, 0.3) is 5.65 Å². The van der Waals surface area contributed by atoms with Crippen molar-refractivity contribution >= 4 is 21.6 Å². The van der Waals surface area contributed by atoms with Crippen LogP contribution in [-0.2, 0) is 0 Å². The highest BCUT2D eigenvalue weighted by Crippen LogP contribution is 2.14. The normalized spacial score (nSPS) is 10.7. The van der Waals surface area contributed by atoms with Crippen molar-refractivity contribution in [2.24, 2.45) is 0 Å². The van der Waals surface area contributed by atoms with Crippen molar-refractivity contribution in [2.75, 3.05) is 0 Å². The molecule has 0 unspecified atom stereocenters. The fraction of sp³-hybridized carbons (Fsp3) is 0. The maximum atomic E-state index is 12.9. The third-order valence-corrected chi connectivity index (χ3v) is 2.03. The molecule has 0 aliphatic carbocycles. The van der Waals surface area contributed by atoms with Crippen LogP contribution in [0.3, 0.4) is 0 Å². The monoisotopic (exact) mass is 214 g/mol. The number of hydrogen-bond acceptors (Lipinski definition) is 1. The number of imidazole rings is 1. The van der Waals surface area contributed by atoms with Crippen LogP contribution in [0.5, 0.6) is 0 Å². The molecule has 0 bridgehead atoms. The minimum atomic E-state index is -0.307. The van der Waals surface area contributed by atoms with Gasteiger partial charge in [0.2, 0.25) is 0 Å². The molecular formula is C7H4BrFN2. The van der Waals surface area contributed by atoms with Gasteiger partial charge in [0.15, 0.2) is 11.5 Å². The second-order valence-corrected chi connectivity index (χ2v) is 2.94. The number of fused-ring (bicyclic) bond motifs is 1. The average molecular weight is 215 g/mol. The highest BCUT2D eigenvalue weighted by Gasteiger charge is 2.02. The lowest BCUT2D eigenvalue weighted by atomic mass is 10.4. The molecule has 0 N–H and O–H groups in total. The number of aromatic nitrogens is 2. The van der Waals surface area contributed by atoms with E-state index in [4.69, 9.17) is 0 Å². The molecule has 0 saturated heterocycles.